The fourth-order valence-corrected chi connectivity index (χ4v) is 2.92. The summed E-state index contributed by atoms with van der Waals surface area (Å²) >= 11 is 0. The molecule has 0 radical (unpaired) electrons. The van der Waals surface area contributed by atoms with E-state index < -0.39 is 0 Å². The maximum absolute atomic E-state index is 3.56. The molecule has 13 heavy (non-hydrogen) atoms. The Bertz CT molecular complexity index is 192. The molecule has 0 bridgehead atoms. The summed E-state index contributed by atoms with van der Waals surface area (Å²) < 4.78 is 0. The van der Waals surface area contributed by atoms with Crippen molar-refractivity contribution in [1.29, 1.82) is 0 Å². The highest BCUT2D eigenvalue weighted by atomic mass is 15.3. The highest BCUT2D eigenvalue weighted by molar-refractivity contribution is 5.04. The van der Waals surface area contributed by atoms with E-state index in [0.717, 1.165) is 5.92 Å². The van der Waals surface area contributed by atoms with Crippen LogP contribution in [-0.4, -0.2) is 36.6 Å². The van der Waals surface area contributed by atoms with Gasteiger partial charge in [-0.25, -0.2) is 0 Å². The summed E-state index contributed by atoms with van der Waals surface area (Å²) in [4.78, 5) is 2.76. The maximum atomic E-state index is 3.56. The quantitative estimate of drug-likeness (QED) is 0.687. The first kappa shape index (κ1) is 8.25. The number of hydrogen-bond donors (Lipinski definition) is 1. The lowest BCUT2D eigenvalue weighted by atomic mass is 9.78. The van der Waals surface area contributed by atoms with Crippen LogP contribution in [0.2, 0.25) is 0 Å². The monoisotopic (exact) mass is 180 g/mol. The van der Waals surface area contributed by atoms with Crippen LogP contribution in [0.1, 0.15) is 32.1 Å². The van der Waals surface area contributed by atoms with Crippen molar-refractivity contribution in [3.8, 4) is 0 Å². The molecule has 1 N–H and O–H groups in total. The molecule has 2 nitrogen and oxygen atoms in total. The second kappa shape index (κ2) is 2.96. The number of nitrogens with zero attached hydrogens (tertiary/aromatic N) is 1. The van der Waals surface area contributed by atoms with Crippen molar-refractivity contribution in [2.45, 2.75) is 37.6 Å². The van der Waals surface area contributed by atoms with Gasteiger partial charge in [-0.15, -0.1) is 0 Å². The van der Waals surface area contributed by atoms with Crippen LogP contribution in [0.25, 0.3) is 0 Å². The third kappa shape index (κ3) is 1.40. The van der Waals surface area contributed by atoms with E-state index in [1.54, 1.807) is 0 Å². The van der Waals surface area contributed by atoms with Crippen molar-refractivity contribution < 1.29 is 0 Å². The minimum atomic E-state index is 0.612. The molecule has 1 atom stereocenters. The first-order valence-corrected chi connectivity index (χ1v) is 5.85. The van der Waals surface area contributed by atoms with Crippen LogP contribution < -0.4 is 5.32 Å². The Labute approximate surface area is 80.7 Å². The van der Waals surface area contributed by atoms with Gasteiger partial charge in [-0.2, -0.15) is 0 Å². The smallest absolute Gasteiger partial charge is 0.0346 e. The summed E-state index contributed by atoms with van der Waals surface area (Å²) in [6, 6.07) is 0. The van der Waals surface area contributed by atoms with E-state index in [2.05, 4.69) is 10.2 Å². The topological polar surface area (TPSA) is 15.3 Å². The van der Waals surface area contributed by atoms with Crippen LogP contribution >= 0.6 is 0 Å². The largest absolute Gasteiger partial charge is 0.315 e. The summed E-state index contributed by atoms with van der Waals surface area (Å²) in [5.74, 6) is 1.07. The van der Waals surface area contributed by atoms with Gasteiger partial charge in [0.2, 0.25) is 0 Å². The van der Waals surface area contributed by atoms with E-state index in [1.807, 2.05) is 0 Å². The number of likely N-dealkylation sites (tertiary alicyclic amines) is 1. The maximum Gasteiger partial charge on any atom is 0.0346 e. The number of rotatable bonds is 2. The SMILES string of the molecule is C1CNC[C@@]2(C1)CCN2CC1CC1. The van der Waals surface area contributed by atoms with Gasteiger partial charge >= 0.3 is 0 Å². The molecule has 0 amide bonds. The van der Waals surface area contributed by atoms with Crippen LogP contribution in [0.5, 0.6) is 0 Å². The van der Waals surface area contributed by atoms with Gasteiger partial charge in [0.15, 0.2) is 0 Å². The van der Waals surface area contributed by atoms with Gasteiger partial charge in [-0.1, -0.05) is 0 Å². The number of hydrogen-bond acceptors (Lipinski definition) is 2. The van der Waals surface area contributed by atoms with Crippen LogP contribution in [0.3, 0.4) is 0 Å². The molecule has 1 saturated carbocycles. The molecule has 3 rings (SSSR count). The molecular formula is C11H20N2. The fraction of sp³-hybridized carbons (Fsp3) is 1.00. The Morgan fingerprint density at radius 3 is 2.77 bits per heavy atom. The minimum absolute atomic E-state index is 0.612. The van der Waals surface area contributed by atoms with Gasteiger partial charge in [-0.05, 0) is 44.6 Å². The zero-order valence-corrected chi connectivity index (χ0v) is 8.39. The molecule has 3 aliphatic rings. The molecule has 0 unspecified atom stereocenters. The standard InChI is InChI=1S/C11H20N2/c1-4-11(9-12-6-1)5-7-13(11)8-10-2-3-10/h10,12H,1-9H2/t11-/m1/s1. The Kier molecular flexibility index (Phi) is 1.88. The number of nitrogens with one attached hydrogen (secondary N) is 1. The van der Waals surface area contributed by atoms with E-state index in [4.69, 9.17) is 0 Å². The predicted molar refractivity (Wildman–Crippen MR) is 53.7 cm³/mol. The van der Waals surface area contributed by atoms with Gasteiger partial charge in [-0.3, -0.25) is 4.90 Å². The van der Waals surface area contributed by atoms with Gasteiger partial charge in [0, 0.05) is 25.2 Å². The number of piperidine rings is 1. The van der Waals surface area contributed by atoms with Gasteiger partial charge in [0.1, 0.15) is 0 Å². The summed E-state index contributed by atoms with van der Waals surface area (Å²) in [5, 5.41) is 3.56. The zero-order chi connectivity index (χ0) is 8.73. The first-order valence-electron chi connectivity index (χ1n) is 5.85. The third-order valence-electron chi connectivity index (χ3n) is 4.14. The molecule has 3 fully saturated rings. The van der Waals surface area contributed by atoms with Crippen molar-refractivity contribution in [1.82, 2.24) is 10.2 Å². The highest BCUT2D eigenvalue weighted by Gasteiger charge is 2.46. The molecule has 2 heteroatoms. The minimum Gasteiger partial charge on any atom is -0.315 e. The van der Waals surface area contributed by atoms with Crippen molar-refractivity contribution >= 4 is 0 Å². The average Bonchev–Trinajstić information content (AvgIpc) is 2.98. The predicted octanol–water partition coefficient (Wildman–Crippen LogP) is 1.22. The van der Waals surface area contributed by atoms with Crippen LogP contribution in [0, 0.1) is 5.92 Å². The van der Waals surface area contributed by atoms with E-state index in [1.165, 1.54) is 58.3 Å². The van der Waals surface area contributed by atoms with E-state index >= 15 is 0 Å². The van der Waals surface area contributed by atoms with Crippen molar-refractivity contribution in [2.75, 3.05) is 26.2 Å². The molecule has 0 aromatic carbocycles. The second-order valence-corrected chi connectivity index (χ2v) is 5.14. The summed E-state index contributed by atoms with van der Waals surface area (Å²) in [5.41, 5.74) is 0.612. The molecular weight excluding hydrogens is 160 g/mol. The van der Waals surface area contributed by atoms with Crippen LogP contribution in [0.15, 0.2) is 0 Å². The molecule has 2 heterocycles. The normalized spacial score (nSPS) is 40.6. The van der Waals surface area contributed by atoms with Crippen molar-refractivity contribution in [2.24, 2.45) is 5.92 Å². The lowest BCUT2D eigenvalue weighted by Crippen LogP contribution is -2.66. The molecule has 2 aliphatic heterocycles. The van der Waals surface area contributed by atoms with E-state index in [-0.39, 0.29) is 0 Å². The Balaban J connectivity index is 1.61. The van der Waals surface area contributed by atoms with E-state index in [9.17, 15) is 0 Å². The highest BCUT2D eigenvalue weighted by Crippen LogP contribution is 2.40. The lowest BCUT2D eigenvalue weighted by molar-refractivity contribution is -0.0347. The Morgan fingerprint density at radius 2 is 2.23 bits per heavy atom. The summed E-state index contributed by atoms with van der Waals surface area (Å²) in [6.45, 7) is 5.29. The Hall–Kier alpha value is -0.0800. The first-order chi connectivity index (χ1) is 6.39. The summed E-state index contributed by atoms with van der Waals surface area (Å²) in [7, 11) is 0. The van der Waals surface area contributed by atoms with Crippen LogP contribution in [0.4, 0.5) is 0 Å². The molecule has 2 saturated heterocycles. The molecule has 0 aromatic rings. The average molecular weight is 180 g/mol. The molecule has 1 aliphatic carbocycles. The fourth-order valence-electron chi connectivity index (χ4n) is 2.92. The Morgan fingerprint density at radius 1 is 1.31 bits per heavy atom. The van der Waals surface area contributed by atoms with Crippen molar-refractivity contribution in [3.05, 3.63) is 0 Å². The van der Waals surface area contributed by atoms with Gasteiger partial charge in [0.05, 0.1) is 0 Å². The van der Waals surface area contributed by atoms with Gasteiger partial charge in [0.25, 0.3) is 0 Å². The third-order valence-corrected chi connectivity index (χ3v) is 4.14. The summed E-state index contributed by atoms with van der Waals surface area (Å²) in [6.07, 6.45) is 7.29. The van der Waals surface area contributed by atoms with Crippen LogP contribution in [-0.2, 0) is 0 Å². The van der Waals surface area contributed by atoms with E-state index in [0.29, 0.717) is 5.54 Å². The molecule has 1 spiro atoms. The lowest BCUT2D eigenvalue weighted by Gasteiger charge is -2.55. The van der Waals surface area contributed by atoms with Gasteiger partial charge < -0.3 is 5.32 Å². The molecule has 74 valence electrons. The second-order valence-electron chi connectivity index (χ2n) is 5.14. The molecule has 0 aromatic heterocycles. The van der Waals surface area contributed by atoms with Crippen molar-refractivity contribution in [3.63, 3.8) is 0 Å². The zero-order valence-electron chi connectivity index (χ0n) is 8.39.